The maximum Gasteiger partial charge on any atom is 0.0817 e. The Hall–Kier alpha value is -0.300. The van der Waals surface area contributed by atoms with Crippen LogP contribution in [0.3, 0.4) is 0 Å². The van der Waals surface area contributed by atoms with E-state index in [1.165, 1.54) is 13.0 Å². The summed E-state index contributed by atoms with van der Waals surface area (Å²) in [5.74, 6) is 2.47. The molecule has 1 nitrogen and oxygen atoms in total. The Morgan fingerprint density at radius 2 is 1.86 bits per heavy atom. The minimum absolute atomic E-state index is 0.760. The van der Waals surface area contributed by atoms with Crippen molar-refractivity contribution in [2.24, 2.45) is 17.8 Å². The third kappa shape index (κ3) is 3.13. The highest BCUT2D eigenvalue weighted by Crippen LogP contribution is 2.34. The maximum atomic E-state index is 2.47. The molecule has 0 aromatic carbocycles. The zero-order valence-electron chi connectivity index (χ0n) is 10.7. The van der Waals surface area contributed by atoms with Gasteiger partial charge in [-0.05, 0) is 25.2 Å². The average molecular weight is 196 g/mol. The van der Waals surface area contributed by atoms with Crippen molar-refractivity contribution in [2.75, 3.05) is 27.7 Å². The van der Waals surface area contributed by atoms with E-state index in [0.29, 0.717) is 0 Å². The van der Waals surface area contributed by atoms with Crippen molar-refractivity contribution in [3.8, 4) is 0 Å². The van der Waals surface area contributed by atoms with E-state index in [2.05, 4.69) is 48.0 Å². The van der Waals surface area contributed by atoms with E-state index in [0.717, 1.165) is 22.2 Å². The molecule has 1 rings (SSSR count). The first kappa shape index (κ1) is 11.8. The highest BCUT2D eigenvalue weighted by Gasteiger charge is 2.30. The zero-order chi connectivity index (χ0) is 10.9. The summed E-state index contributed by atoms with van der Waals surface area (Å²) in [6, 6.07) is 0. The molecule has 0 radical (unpaired) electrons. The summed E-state index contributed by atoms with van der Waals surface area (Å²) in [5, 5.41) is 0. The number of allylic oxidation sites excluding steroid dienone is 2. The van der Waals surface area contributed by atoms with Gasteiger partial charge in [-0.15, -0.1) is 0 Å². The minimum atomic E-state index is 0.760. The van der Waals surface area contributed by atoms with Gasteiger partial charge in [-0.3, -0.25) is 0 Å². The van der Waals surface area contributed by atoms with Crippen molar-refractivity contribution in [1.29, 1.82) is 0 Å². The van der Waals surface area contributed by atoms with Crippen LogP contribution in [0.15, 0.2) is 11.6 Å². The van der Waals surface area contributed by atoms with Crippen molar-refractivity contribution < 1.29 is 4.48 Å². The van der Waals surface area contributed by atoms with Gasteiger partial charge in [0.15, 0.2) is 0 Å². The minimum Gasteiger partial charge on any atom is -0.331 e. The van der Waals surface area contributed by atoms with Crippen LogP contribution in [-0.4, -0.2) is 32.2 Å². The number of hydrogen-bond donors (Lipinski definition) is 0. The van der Waals surface area contributed by atoms with Crippen molar-refractivity contribution in [3.05, 3.63) is 11.6 Å². The fourth-order valence-corrected chi connectivity index (χ4v) is 2.80. The Kier molecular flexibility index (Phi) is 3.41. The third-order valence-electron chi connectivity index (χ3n) is 3.36. The van der Waals surface area contributed by atoms with Crippen LogP contribution in [-0.2, 0) is 0 Å². The van der Waals surface area contributed by atoms with Crippen LogP contribution < -0.4 is 0 Å². The lowest BCUT2D eigenvalue weighted by Gasteiger charge is -2.37. The molecule has 0 heterocycles. The van der Waals surface area contributed by atoms with Crippen molar-refractivity contribution >= 4 is 0 Å². The molecular formula is C13H26N+. The van der Waals surface area contributed by atoms with Gasteiger partial charge in [0.2, 0.25) is 0 Å². The molecule has 1 aliphatic rings. The SMILES string of the molecule is CC1=C[C@@H](C)[C@@H](C[N+](C)(C)C)[C@H](C)C1. The maximum absolute atomic E-state index is 2.47. The molecule has 1 heteroatoms. The molecule has 82 valence electrons. The lowest BCUT2D eigenvalue weighted by Crippen LogP contribution is -2.43. The Morgan fingerprint density at radius 3 is 2.29 bits per heavy atom. The fraction of sp³-hybridized carbons (Fsp3) is 0.846. The van der Waals surface area contributed by atoms with Gasteiger partial charge in [0.05, 0.1) is 27.7 Å². The third-order valence-corrected chi connectivity index (χ3v) is 3.36. The lowest BCUT2D eigenvalue weighted by atomic mass is 9.74. The molecule has 0 N–H and O–H groups in total. The molecule has 0 bridgehead atoms. The zero-order valence-corrected chi connectivity index (χ0v) is 10.7. The Balaban J connectivity index is 2.69. The van der Waals surface area contributed by atoms with Crippen molar-refractivity contribution in [1.82, 2.24) is 0 Å². The first-order chi connectivity index (χ1) is 6.29. The topological polar surface area (TPSA) is 0 Å². The van der Waals surface area contributed by atoms with Gasteiger partial charge in [-0.1, -0.05) is 25.5 Å². The second-order valence-electron chi connectivity index (χ2n) is 6.19. The highest BCUT2D eigenvalue weighted by atomic mass is 15.3. The monoisotopic (exact) mass is 196 g/mol. The number of rotatable bonds is 2. The molecule has 0 aliphatic heterocycles. The van der Waals surface area contributed by atoms with E-state index >= 15 is 0 Å². The smallest absolute Gasteiger partial charge is 0.0817 e. The molecule has 0 aromatic heterocycles. The summed E-state index contributed by atoms with van der Waals surface area (Å²) in [7, 11) is 6.89. The molecule has 0 unspecified atom stereocenters. The van der Waals surface area contributed by atoms with E-state index in [9.17, 15) is 0 Å². The predicted molar refractivity (Wildman–Crippen MR) is 63.1 cm³/mol. The number of nitrogens with zero attached hydrogens (tertiary/aromatic N) is 1. The summed E-state index contributed by atoms with van der Waals surface area (Å²) in [6.07, 6.45) is 3.77. The second kappa shape index (κ2) is 4.06. The van der Waals surface area contributed by atoms with Gasteiger partial charge in [0, 0.05) is 5.92 Å². The summed E-state index contributed by atoms with van der Waals surface area (Å²) < 4.78 is 1.09. The van der Waals surface area contributed by atoms with Crippen LogP contribution in [0, 0.1) is 17.8 Å². The lowest BCUT2D eigenvalue weighted by molar-refractivity contribution is -0.874. The summed E-state index contributed by atoms with van der Waals surface area (Å²) in [4.78, 5) is 0. The molecular weight excluding hydrogens is 170 g/mol. The second-order valence-corrected chi connectivity index (χ2v) is 6.19. The van der Waals surface area contributed by atoms with E-state index in [-0.39, 0.29) is 0 Å². The number of quaternary nitrogens is 1. The fourth-order valence-electron chi connectivity index (χ4n) is 2.80. The van der Waals surface area contributed by atoms with Crippen LogP contribution in [0.5, 0.6) is 0 Å². The van der Waals surface area contributed by atoms with E-state index in [1.807, 2.05) is 0 Å². The molecule has 3 atom stereocenters. The largest absolute Gasteiger partial charge is 0.331 e. The van der Waals surface area contributed by atoms with Crippen LogP contribution in [0.25, 0.3) is 0 Å². The number of hydrogen-bond acceptors (Lipinski definition) is 0. The predicted octanol–water partition coefficient (Wildman–Crippen LogP) is 2.93. The molecule has 0 fully saturated rings. The molecule has 14 heavy (non-hydrogen) atoms. The van der Waals surface area contributed by atoms with Crippen LogP contribution in [0.4, 0.5) is 0 Å². The Labute approximate surface area is 89.4 Å². The van der Waals surface area contributed by atoms with Crippen LogP contribution >= 0.6 is 0 Å². The van der Waals surface area contributed by atoms with Crippen molar-refractivity contribution in [2.45, 2.75) is 27.2 Å². The summed E-state index contributed by atoms with van der Waals surface area (Å²) >= 11 is 0. The summed E-state index contributed by atoms with van der Waals surface area (Å²) in [5.41, 5.74) is 1.59. The first-order valence-corrected chi connectivity index (χ1v) is 5.77. The Bertz CT molecular complexity index is 222. The normalized spacial score (nSPS) is 34.1. The highest BCUT2D eigenvalue weighted by molar-refractivity contribution is 5.08. The van der Waals surface area contributed by atoms with E-state index in [1.54, 1.807) is 5.57 Å². The molecule has 1 aliphatic carbocycles. The quantitative estimate of drug-likeness (QED) is 0.470. The van der Waals surface area contributed by atoms with Gasteiger partial charge in [0.1, 0.15) is 0 Å². The van der Waals surface area contributed by atoms with Gasteiger partial charge >= 0.3 is 0 Å². The van der Waals surface area contributed by atoms with Gasteiger partial charge < -0.3 is 4.48 Å². The van der Waals surface area contributed by atoms with Crippen LogP contribution in [0.1, 0.15) is 27.2 Å². The van der Waals surface area contributed by atoms with Crippen LogP contribution in [0.2, 0.25) is 0 Å². The molecule has 0 amide bonds. The Morgan fingerprint density at radius 1 is 1.29 bits per heavy atom. The van der Waals surface area contributed by atoms with E-state index < -0.39 is 0 Å². The molecule has 0 saturated heterocycles. The molecule has 0 spiro atoms. The average Bonchev–Trinajstić information content (AvgIpc) is 1.95. The van der Waals surface area contributed by atoms with E-state index in [4.69, 9.17) is 0 Å². The van der Waals surface area contributed by atoms with Gasteiger partial charge in [-0.2, -0.15) is 0 Å². The van der Waals surface area contributed by atoms with Gasteiger partial charge in [0.25, 0.3) is 0 Å². The summed E-state index contributed by atoms with van der Waals surface area (Å²) in [6.45, 7) is 8.36. The first-order valence-electron chi connectivity index (χ1n) is 5.77. The standard InChI is InChI=1S/C13H26N/c1-10-7-11(2)13(12(3)8-10)9-14(4,5)6/h7,11-13H,8-9H2,1-6H3/q+1/t11-,12-,13-/m1/s1. The van der Waals surface area contributed by atoms with Crippen molar-refractivity contribution in [3.63, 3.8) is 0 Å². The molecule has 0 saturated carbocycles. The molecule has 0 aromatic rings. The van der Waals surface area contributed by atoms with Gasteiger partial charge in [-0.25, -0.2) is 0 Å².